The standard InChI is InChI=1S/C14H16BrN3O2S/c1-18(9-7-12-4-2-3-8-17-12)21(19,20)14-6-5-11(15)10-13(14)16/h2-6,8,10H,7,9,16H2,1H3. The normalized spacial score (nSPS) is 11.8. The highest BCUT2D eigenvalue weighted by Gasteiger charge is 2.23. The van der Waals surface area contributed by atoms with Gasteiger partial charge in [0.1, 0.15) is 4.90 Å². The Morgan fingerprint density at radius 3 is 2.67 bits per heavy atom. The SMILES string of the molecule is CN(CCc1ccccn1)S(=O)(=O)c1ccc(Br)cc1N. The number of rotatable bonds is 5. The minimum atomic E-state index is -3.60. The number of halogens is 1. The van der Waals surface area contributed by atoms with Crippen molar-refractivity contribution < 1.29 is 8.42 Å². The van der Waals surface area contributed by atoms with E-state index in [1.54, 1.807) is 25.4 Å². The van der Waals surface area contributed by atoms with Crippen LogP contribution in [0.15, 0.2) is 52.0 Å². The number of anilines is 1. The predicted molar refractivity (Wildman–Crippen MR) is 86.3 cm³/mol. The van der Waals surface area contributed by atoms with Crippen LogP contribution in [0.1, 0.15) is 5.69 Å². The van der Waals surface area contributed by atoms with Gasteiger partial charge in [0.15, 0.2) is 0 Å². The zero-order valence-corrected chi connectivity index (χ0v) is 13.9. The molecular formula is C14H16BrN3O2S. The van der Waals surface area contributed by atoms with E-state index < -0.39 is 10.0 Å². The molecule has 0 radical (unpaired) electrons. The van der Waals surface area contributed by atoms with Gasteiger partial charge in [-0.1, -0.05) is 22.0 Å². The van der Waals surface area contributed by atoms with E-state index in [1.807, 2.05) is 18.2 Å². The number of likely N-dealkylation sites (N-methyl/N-ethyl adjacent to an activating group) is 1. The van der Waals surface area contributed by atoms with Crippen LogP contribution in [0, 0.1) is 0 Å². The smallest absolute Gasteiger partial charge is 0.244 e. The molecular weight excluding hydrogens is 354 g/mol. The van der Waals surface area contributed by atoms with Crippen LogP contribution in [0.25, 0.3) is 0 Å². The van der Waals surface area contributed by atoms with Gasteiger partial charge in [0, 0.05) is 36.4 Å². The summed E-state index contributed by atoms with van der Waals surface area (Å²) in [4.78, 5) is 4.30. The number of nitrogens with two attached hydrogens (primary N) is 1. The Morgan fingerprint density at radius 2 is 2.05 bits per heavy atom. The van der Waals surface area contributed by atoms with Gasteiger partial charge in [0.2, 0.25) is 10.0 Å². The van der Waals surface area contributed by atoms with Crippen molar-refractivity contribution in [1.29, 1.82) is 0 Å². The quantitative estimate of drug-likeness (QED) is 0.820. The molecule has 1 aromatic carbocycles. The molecule has 5 nitrogen and oxygen atoms in total. The highest BCUT2D eigenvalue weighted by atomic mass is 79.9. The minimum Gasteiger partial charge on any atom is -0.398 e. The average molecular weight is 370 g/mol. The summed E-state index contributed by atoms with van der Waals surface area (Å²) in [7, 11) is -2.06. The zero-order valence-electron chi connectivity index (χ0n) is 11.5. The number of nitrogen functional groups attached to an aromatic ring is 1. The lowest BCUT2D eigenvalue weighted by atomic mass is 10.3. The molecule has 0 saturated carbocycles. The molecule has 0 atom stereocenters. The second-order valence-corrected chi connectivity index (χ2v) is 7.51. The molecule has 7 heteroatoms. The van der Waals surface area contributed by atoms with Crippen molar-refractivity contribution in [2.45, 2.75) is 11.3 Å². The largest absolute Gasteiger partial charge is 0.398 e. The molecule has 2 aromatic rings. The number of sulfonamides is 1. The molecule has 0 spiro atoms. The number of hydrogen-bond acceptors (Lipinski definition) is 4. The van der Waals surface area contributed by atoms with Gasteiger partial charge in [0.25, 0.3) is 0 Å². The summed E-state index contributed by atoms with van der Waals surface area (Å²) in [5, 5.41) is 0. The van der Waals surface area contributed by atoms with Gasteiger partial charge < -0.3 is 5.73 Å². The molecule has 0 aliphatic heterocycles. The highest BCUT2D eigenvalue weighted by molar-refractivity contribution is 9.10. The van der Waals surface area contributed by atoms with Gasteiger partial charge >= 0.3 is 0 Å². The molecule has 1 heterocycles. The Hall–Kier alpha value is -1.44. The number of pyridine rings is 1. The number of benzene rings is 1. The van der Waals surface area contributed by atoms with Crippen molar-refractivity contribution in [1.82, 2.24) is 9.29 Å². The highest BCUT2D eigenvalue weighted by Crippen LogP contribution is 2.25. The fraction of sp³-hybridized carbons (Fsp3) is 0.214. The maximum Gasteiger partial charge on any atom is 0.244 e. The van der Waals surface area contributed by atoms with Crippen molar-refractivity contribution in [3.8, 4) is 0 Å². The Bertz CT molecular complexity index is 720. The van der Waals surface area contributed by atoms with Gasteiger partial charge in [-0.15, -0.1) is 0 Å². The first-order valence-electron chi connectivity index (χ1n) is 6.32. The van der Waals surface area contributed by atoms with Gasteiger partial charge in [-0.25, -0.2) is 12.7 Å². The average Bonchev–Trinajstić information content (AvgIpc) is 2.45. The first-order valence-corrected chi connectivity index (χ1v) is 8.56. The second kappa shape index (κ2) is 6.55. The van der Waals surface area contributed by atoms with Crippen molar-refractivity contribution in [3.05, 3.63) is 52.8 Å². The molecule has 0 fully saturated rings. The molecule has 0 bridgehead atoms. The number of nitrogens with zero attached hydrogens (tertiary/aromatic N) is 2. The van der Waals surface area contributed by atoms with Gasteiger partial charge in [-0.3, -0.25) is 4.98 Å². The lowest BCUT2D eigenvalue weighted by Crippen LogP contribution is -2.29. The van der Waals surface area contributed by atoms with E-state index in [0.29, 0.717) is 13.0 Å². The van der Waals surface area contributed by atoms with Crippen LogP contribution < -0.4 is 5.73 Å². The summed E-state index contributed by atoms with van der Waals surface area (Å²) in [6, 6.07) is 10.3. The van der Waals surface area contributed by atoms with Crippen molar-refractivity contribution in [3.63, 3.8) is 0 Å². The Kier molecular flexibility index (Phi) is 4.97. The molecule has 0 aliphatic rings. The first-order chi connectivity index (χ1) is 9.91. The summed E-state index contributed by atoms with van der Waals surface area (Å²) in [5.74, 6) is 0. The van der Waals surface area contributed by atoms with Crippen molar-refractivity contribution in [2.75, 3.05) is 19.3 Å². The van der Waals surface area contributed by atoms with Crippen LogP contribution in [0.5, 0.6) is 0 Å². The van der Waals surface area contributed by atoms with Crippen LogP contribution in [0.2, 0.25) is 0 Å². The van der Waals surface area contributed by atoms with Crippen LogP contribution in [0.4, 0.5) is 5.69 Å². The van der Waals surface area contributed by atoms with E-state index >= 15 is 0 Å². The van der Waals surface area contributed by atoms with Crippen LogP contribution in [-0.2, 0) is 16.4 Å². The second-order valence-electron chi connectivity index (χ2n) is 4.58. The molecule has 1 aromatic heterocycles. The summed E-state index contributed by atoms with van der Waals surface area (Å²) >= 11 is 3.26. The van der Waals surface area contributed by atoms with Gasteiger partial charge in [0.05, 0.1) is 5.69 Å². The van der Waals surface area contributed by atoms with E-state index in [1.165, 1.54) is 10.4 Å². The lowest BCUT2D eigenvalue weighted by molar-refractivity contribution is 0.471. The summed E-state index contributed by atoms with van der Waals surface area (Å²) < 4.78 is 27.0. The number of hydrogen-bond donors (Lipinski definition) is 1. The number of aromatic nitrogens is 1. The minimum absolute atomic E-state index is 0.120. The molecule has 2 rings (SSSR count). The fourth-order valence-electron chi connectivity index (χ4n) is 1.86. The van der Waals surface area contributed by atoms with Crippen LogP contribution in [0.3, 0.4) is 0 Å². The summed E-state index contributed by atoms with van der Waals surface area (Å²) in [6.07, 6.45) is 2.24. The topological polar surface area (TPSA) is 76.3 Å². The Labute approximate surface area is 133 Å². The Balaban J connectivity index is 2.15. The van der Waals surface area contributed by atoms with Crippen molar-refractivity contribution in [2.24, 2.45) is 0 Å². The van der Waals surface area contributed by atoms with E-state index in [9.17, 15) is 8.42 Å². The van der Waals surface area contributed by atoms with E-state index in [2.05, 4.69) is 20.9 Å². The molecule has 112 valence electrons. The predicted octanol–water partition coefficient (Wildman–Crippen LogP) is 2.29. The molecule has 2 N–H and O–H groups in total. The maximum absolute atomic E-state index is 12.5. The lowest BCUT2D eigenvalue weighted by Gasteiger charge is -2.18. The fourth-order valence-corrected chi connectivity index (χ4v) is 3.50. The van der Waals surface area contributed by atoms with E-state index in [-0.39, 0.29) is 10.6 Å². The van der Waals surface area contributed by atoms with E-state index in [4.69, 9.17) is 5.73 Å². The molecule has 0 saturated heterocycles. The first kappa shape index (κ1) is 15.9. The third-order valence-corrected chi connectivity index (χ3v) is 5.49. The summed E-state index contributed by atoms with van der Waals surface area (Å²) in [6.45, 7) is 0.342. The molecule has 0 aliphatic carbocycles. The summed E-state index contributed by atoms with van der Waals surface area (Å²) in [5.41, 5.74) is 6.89. The maximum atomic E-state index is 12.5. The third-order valence-electron chi connectivity index (χ3n) is 3.07. The zero-order chi connectivity index (χ0) is 15.5. The molecule has 0 unspecified atom stereocenters. The van der Waals surface area contributed by atoms with Gasteiger partial charge in [-0.05, 0) is 30.3 Å². The van der Waals surface area contributed by atoms with E-state index in [0.717, 1.165) is 10.2 Å². The molecule has 21 heavy (non-hydrogen) atoms. The third kappa shape index (κ3) is 3.81. The van der Waals surface area contributed by atoms with Crippen LogP contribution in [-0.4, -0.2) is 31.3 Å². The monoisotopic (exact) mass is 369 g/mol. The van der Waals surface area contributed by atoms with Gasteiger partial charge in [-0.2, -0.15) is 0 Å². The van der Waals surface area contributed by atoms with Crippen LogP contribution >= 0.6 is 15.9 Å². The Morgan fingerprint density at radius 1 is 1.29 bits per heavy atom. The van der Waals surface area contributed by atoms with Crippen molar-refractivity contribution >= 4 is 31.6 Å². The molecule has 0 amide bonds.